The monoisotopic (exact) mass is 170 g/mol. The predicted octanol–water partition coefficient (Wildman–Crippen LogP) is 2.19. The fourth-order valence-electron chi connectivity index (χ4n) is 0.700. The maximum Gasteiger partial charge on any atom is 0.242 e. The van der Waals surface area contributed by atoms with Crippen molar-refractivity contribution in [2.75, 3.05) is 0 Å². The van der Waals surface area contributed by atoms with Gasteiger partial charge in [0.1, 0.15) is 12.1 Å². The lowest BCUT2D eigenvalue weighted by atomic mass is 10.3. The summed E-state index contributed by atoms with van der Waals surface area (Å²) in [4.78, 5) is 0. The molecule has 0 bridgehead atoms. The highest BCUT2D eigenvalue weighted by Gasteiger charge is 1.99. The molecule has 0 saturated carbocycles. The average molecular weight is 170 g/mol. The SMILES string of the molecule is N#CC(C#N)N=Nc1ccccc1. The number of nitrogens with zero attached hydrogens (tertiary/aromatic N) is 4. The third-order valence-corrected chi connectivity index (χ3v) is 1.29. The Balaban J connectivity index is 2.71. The summed E-state index contributed by atoms with van der Waals surface area (Å²) < 4.78 is 0. The average Bonchev–Trinajstić information content (AvgIpc) is 2.21. The van der Waals surface area contributed by atoms with Gasteiger partial charge in [-0.15, -0.1) is 0 Å². The zero-order valence-electron chi connectivity index (χ0n) is 6.75. The van der Waals surface area contributed by atoms with Crippen LogP contribution in [0.15, 0.2) is 40.6 Å². The number of azo groups is 1. The van der Waals surface area contributed by atoms with Gasteiger partial charge in [-0.05, 0) is 12.1 Å². The van der Waals surface area contributed by atoms with E-state index in [0.717, 1.165) is 0 Å². The lowest BCUT2D eigenvalue weighted by Gasteiger charge is -1.89. The van der Waals surface area contributed by atoms with Crippen LogP contribution in [0.3, 0.4) is 0 Å². The Labute approximate surface area is 75.8 Å². The summed E-state index contributed by atoms with van der Waals surface area (Å²) in [5.74, 6) is 0. The van der Waals surface area contributed by atoms with Gasteiger partial charge in [-0.2, -0.15) is 20.8 Å². The van der Waals surface area contributed by atoms with Gasteiger partial charge >= 0.3 is 0 Å². The second-order valence-corrected chi connectivity index (χ2v) is 2.21. The number of rotatable bonds is 2. The highest BCUT2D eigenvalue weighted by molar-refractivity contribution is 5.34. The Morgan fingerprint density at radius 3 is 2.23 bits per heavy atom. The molecule has 0 heterocycles. The molecule has 62 valence electrons. The van der Waals surface area contributed by atoms with Gasteiger partial charge in [0.05, 0.1) is 5.69 Å². The molecule has 0 aliphatic rings. The maximum absolute atomic E-state index is 8.38. The Morgan fingerprint density at radius 1 is 1.08 bits per heavy atom. The Kier molecular flexibility index (Phi) is 3.17. The lowest BCUT2D eigenvalue weighted by Crippen LogP contribution is -1.92. The summed E-state index contributed by atoms with van der Waals surface area (Å²) in [6.45, 7) is 0. The summed E-state index contributed by atoms with van der Waals surface area (Å²) in [6.07, 6.45) is 0. The molecule has 0 unspecified atom stereocenters. The van der Waals surface area contributed by atoms with Crippen LogP contribution in [-0.2, 0) is 0 Å². The van der Waals surface area contributed by atoms with Crippen molar-refractivity contribution in [1.29, 1.82) is 10.5 Å². The van der Waals surface area contributed by atoms with Gasteiger partial charge in [0.25, 0.3) is 0 Å². The van der Waals surface area contributed by atoms with Crippen molar-refractivity contribution in [2.45, 2.75) is 6.04 Å². The molecule has 0 N–H and O–H groups in total. The smallest absolute Gasteiger partial charge is 0.195 e. The van der Waals surface area contributed by atoms with Crippen molar-refractivity contribution in [3.8, 4) is 12.1 Å². The number of nitriles is 2. The predicted molar refractivity (Wildman–Crippen MR) is 46.0 cm³/mol. The normalized spacial score (nSPS) is 9.77. The number of benzene rings is 1. The van der Waals surface area contributed by atoms with Gasteiger partial charge in [-0.25, -0.2) is 0 Å². The first-order chi connectivity index (χ1) is 6.36. The first kappa shape index (κ1) is 8.89. The molecule has 0 saturated heterocycles. The number of hydrogen-bond donors (Lipinski definition) is 0. The minimum Gasteiger partial charge on any atom is -0.195 e. The third-order valence-electron chi connectivity index (χ3n) is 1.29. The minimum absolute atomic E-state index is 0.637. The van der Waals surface area contributed by atoms with E-state index in [1.165, 1.54) is 0 Å². The second kappa shape index (κ2) is 4.63. The van der Waals surface area contributed by atoms with Gasteiger partial charge < -0.3 is 0 Å². The van der Waals surface area contributed by atoms with Gasteiger partial charge in [-0.3, -0.25) is 0 Å². The van der Waals surface area contributed by atoms with Crippen molar-refractivity contribution in [3.63, 3.8) is 0 Å². The molecule has 0 spiro atoms. The van der Waals surface area contributed by atoms with Crippen LogP contribution >= 0.6 is 0 Å². The minimum atomic E-state index is -1.01. The lowest BCUT2D eigenvalue weighted by molar-refractivity contribution is 0.949. The third kappa shape index (κ3) is 2.72. The maximum atomic E-state index is 8.38. The van der Waals surface area contributed by atoms with E-state index < -0.39 is 6.04 Å². The van der Waals surface area contributed by atoms with Crippen molar-refractivity contribution >= 4 is 5.69 Å². The zero-order chi connectivity index (χ0) is 9.52. The van der Waals surface area contributed by atoms with Crippen LogP contribution in [0.1, 0.15) is 0 Å². The fourth-order valence-corrected chi connectivity index (χ4v) is 0.700. The van der Waals surface area contributed by atoms with E-state index in [9.17, 15) is 0 Å². The van der Waals surface area contributed by atoms with Crippen LogP contribution in [0, 0.1) is 22.7 Å². The molecule has 0 atom stereocenters. The molecule has 0 aliphatic carbocycles. The molecular weight excluding hydrogens is 164 g/mol. The quantitative estimate of drug-likeness (QED) is 0.638. The molecule has 0 aromatic heterocycles. The number of hydrogen-bond acceptors (Lipinski definition) is 4. The van der Waals surface area contributed by atoms with E-state index >= 15 is 0 Å². The standard InChI is InChI=1S/C9H6N4/c10-6-9(7-11)13-12-8-4-2-1-3-5-8/h1-5,9H. The van der Waals surface area contributed by atoms with Crippen LogP contribution in [0.2, 0.25) is 0 Å². The van der Waals surface area contributed by atoms with Crippen LogP contribution < -0.4 is 0 Å². The summed E-state index contributed by atoms with van der Waals surface area (Å²) in [6, 6.07) is 11.3. The van der Waals surface area contributed by atoms with Gasteiger partial charge in [-0.1, -0.05) is 18.2 Å². The van der Waals surface area contributed by atoms with Crippen LogP contribution in [-0.4, -0.2) is 6.04 Å². The van der Waals surface area contributed by atoms with E-state index in [-0.39, 0.29) is 0 Å². The molecule has 13 heavy (non-hydrogen) atoms. The molecule has 4 heteroatoms. The van der Waals surface area contributed by atoms with Gasteiger partial charge in [0.15, 0.2) is 0 Å². The van der Waals surface area contributed by atoms with Crippen molar-refractivity contribution < 1.29 is 0 Å². The molecule has 0 amide bonds. The molecule has 0 aliphatic heterocycles. The molecule has 4 nitrogen and oxygen atoms in total. The Bertz CT molecular complexity index is 355. The highest BCUT2D eigenvalue weighted by Crippen LogP contribution is 2.10. The first-order valence-corrected chi connectivity index (χ1v) is 3.62. The van der Waals surface area contributed by atoms with Crippen LogP contribution in [0.5, 0.6) is 0 Å². The van der Waals surface area contributed by atoms with E-state index in [1.54, 1.807) is 24.3 Å². The van der Waals surface area contributed by atoms with Crippen LogP contribution in [0.4, 0.5) is 5.69 Å². The topological polar surface area (TPSA) is 72.3 Å². The molecule has 1 rings (SSSR count). The Morgan fingerprint density at radius 2 is 1.69 bits per heavy atom. The Hall–Kier alpha value is -2.20. The molecule has 0 radical (unpaired) electrons. The zero-order valence-corrected chi connectivity index (χ0v) is 6.75. The van der Waals surface area contributed by atoms with Crippen LogP contribution in [0.25, 0.3) is 0 Å². The molecule has 1 aromatic rings. The summed E-state index contributed by atoms with van der Waals surface area (Å²) >= 11 is 0. The van der Waals surface area contributed by atoms with E-state index in [4.69, 9.17) is 10.5 Å². The summed E-state index contributed by atoms with van der Waals surface area (Å²) in [5, 5.41) is 24.0. The van der Waals surface area contributed by atoms with Crippen molar-refractivity contribution in [2.24, 2.45) is 10.2 Å². The highest BCUT2D eigenvalue weighted by atomic mass is 15.1. The van der Waals surface area contributed by atoms with E-state index in [0.29, 0.717) is 5.69 Å². The molecular formula is C9H6N4. The van der Waals surface area contributed by atoms with Gasteiger partial charge in [0, 0.05) is 0 Å². The summed E-state index contributed by atoms with van der Waals surface area (Å²) in [5.41, 5.74) is 0.637. The van der Waals surface area contributed by atoms with Crippen molar-refractivity contribution in [1.82, 2.24) is 0 Å². The summed E-state index contributed by atoms with van der Waals surface area (Å²) in [7, 11) is 0. The largest absolute Gasteiger partial charge is 0.242 e. The van der Waals surface area contributed by atoms with Gasteiger partial charge in [0.2, 0.25) is 6.04 Å². The first-order valence-electron chi connectivity index (χ1n) is 3.62. The van der Waals surface area contributed by atoms with E-state index in [2.05, 4.69) is 10.2 Å². The van der Waals surface area contributed by atoms with E-state index in [1.807, 2.05) is 18.2 Å². The molecule has 1 aromatic carbocycles. The fraction of sp³-hybridized carbons (Fsp3) is 0.111. The van der Waals surface area contributed by atoms with Crippen molar-refractivity contribution in [3.05, 3.63) is 30.3 Å². The molecule has 0 fully saturated rings. The second-order valence-electron chi connectivity index (χ2n) is 2.21.